The Labute approximate surface area is 245 Å². The second-order valence-electron chi connectivity index (χ2n) is 11.6. The van der Waals surface area contributed by atoms with Gasteiger partial charge in [-0.25, -0.2) is 8.42 Å². The van der Waals surface area contributed by atoms with Crippen molar-refractivity contribution in [3.8, 4) is 0 Å². The van der Waals surface area contributed by atoms with Crippen LogP contribution < -0.4 is 5.32 Å². The number of ether oxygens (including phenoxy) is 1. The van der Waals surface area contributed by atoms with E-state index < -0.39 is 10.0 Å². The molecule has 0 bridgehead atoms. The molecule has 0 radical (unpaired) electrons. The number of benzene rings is 2. The van der Waals surface area contributed by atoms with Crippen LogP contribution in [-0.4, -0.2) is 70.5 Å². The molecular weight excluding hydrogens is 546 g/mol. The van der Waals surface area contributed by atoms with Crippen molar-refractivity contribution in [2.45, 2.75) is 55.9 Å². The Bertz CT molecular complexity index is 1170. The summed E-state index contributed by atoms with van der Waals surface area (Å²) in [5.74, 6) is 1.24. The van der Waals surface area contributed by atoms with Crippen LogP contribution in [-0.2, 0) is 19.6 Å². The van der Waals surface area contributed by atoms with E-state index >= 15 is 0 Å². The van der Waals surface area contributed by atoms with Gasteiger partial charge in [0.1, 0.15) is 6.61 Å². The Hall–Kier alpha value is -1.97. The van der Waals surface area contributed by atoms with Crippen molar-refractivity contribution in [1.82, 2.24) is 14.5 Å². The first-order valence-electron chi connectivity index (χ1n) is 14.6. The molecule has 0 aromatic heterocycles. The van der Waals surface area contributed by atoms with Gasteiger partial charge in [0.2, 0.25) is 15.9 Å². The number of hydrogen-bond acceptors (Lipinski definition) is 5. The highest BCUT2D eigenvalue weighted by Gasteiger charge is 2.31. The molecular formula is C31H44ClN3O4S. The molecule has 9 heteroatoms. The van der Waals surface area contributed by atoms with Crippen molar-refractivity contribution in [3.63, 3.8) is 0 Å². The van der Waals surface area contributed by atoms with Crippen molar-refractivity contribution < 1.29 is 17.9 Å². The Morgan fingerprint density at radius 1 is 1.02 bits per heavy atom. The highest BCUT2D eigenvalue weighted by molar-refractivity contribution is 7.89. The van der Waals surface area contributed by atoms with Crippen molar-refractivity contribution in [2.24, 2.45) is 17.8 Å². The summed E-state index contributed by atoms with van der Waals surface area (Å²) >= 11 is 6.10. The number of halogens is 1. The summed E-state index contributed by atoms with van der Waals surface area (Å²) in [4.78, 5) is 15.0. The van der Waals surface area contributed by atoms with E-state index in [0.717, 1.165) is 24.3 Å². The van der Waals surface area contributed by atoms with E-state index in [1.54, 1.807) is 28.6 Å². The van der Waals surface area contributed by atoms with Gasteiger partial charge in [-0.15, -0.1) is 0 Å². The first-order chi connectivity index (χ1) is 19.2. The van der Waals surface area contributed by atoms with E-state index in [0.29, 0.717) is 49.0 Å². The van der Waals surface area contributed by atoms with Gasteiger partial charge in [0, 0.05) is 30.7 Å². The number of hydrogen-bond donors (Lipinski definition) is 1. The van der Waals surface area contributed by atoms with Crippen LogP contribution >= 0.6 is 11.6 Å². The second kappa shape index (κ2) is 14.8. The number of rotatable bonds is 12. The number of amides is 1. The fourth-order valence-corrected chi connectivity index (χ4v) is 8.05. The van der Waals surface area contributed by atoms with Gasteiger partial charge in [-0.3, -0.25) is 4.79 Å². The Kier molecular flexibility index (Phi) is 11.4. The Morgan fingerprint density at radius 3 is 2.40 bits per heavy atom. The number of carbonyl (C=O) groups is 1. The highest BCUT2D eigenvalue weighted by Crippen LogP contribution is 2.40. The quantitative estimate of drug-likeness (QED) is 0.360. The maximum Gasteiger partial charge on any atom is 0.245 e. The van der Waals surface area contributed by atoms with Crippen molar-refractivity contribution in [1.29, 1.82) is 0 Å². The zero-order valence-electron chi connectivity index (χ0n) is 23.8. The zero-order valence-corrected chi connectivity index (χ0v) is 25.4. The first kappa shape index (κ1) is 31.0. The number of sulfonamides is 1. The minimum Gasteiger partial charge on any atom is -0.371 e. The molecule has 2 unspecified atom stereocenters. The predicted molar refractivity (Wildman–Crippen MR) is 160 cm³/mol. The van der Waals surface area contributed by atoms with E-state index in [2.05, 4.69) is 36.4 Å². The zero-order chi connectivity index (χ0) is 28.5. The molecule has 1 aliphatic heterocycles. The fourth-order valence-electron chi connectivity index (χ4n) is 6.35. The summed E-state index contributed by atoms with van der Waals surface area (Å²) in [6.07, 6.45) is 7.41. The van der Waals surface area contributed by atoms with Gasteiger partial charge < -0.3 is 15.0 Å². The van der Waals surface area contributed by atoms with Crippen LogP contribution in [0.1, 0.15) is 56.6 Å². The van der Waals surface area contributed by atoms with E-state index in [-0.39, 0.29) is 18.4 Å². The third-order valence-electron chi connectivity index (χ3n) is 8.43. The largest absolute Gasteiger partial charge is 0.371 e. The number of carbonyl (C=O) groups excluding carboxylic acids is 1. The molecule has 2 fully saturated rings. The predicted octanol–water partition coefficient (Wildman–Crippen LogP) is 5.37. The van der Waals surface area contributed by atoms with E-state index in [9.17, 15) is 13.2 Å². The SMILES string of the molecule is CN(C)C(c1ccc(Cl)cc1)C1CCC(CCNC(=O)COCC2CCCN(S(=O)(=O)c3ccccc3)C2)CC1. The van der Waals surface area contributed by atoms with E-state index in [1.807, 2.05) is 18.2 Å². The van der Waals surface area contributed by atoms with Crippen LogP contribution in [0, 0.1) is 17.8 Å². The summed E-state index contributed by atoms with van der Waals surface area (Å²) in [5, 5.41) is 3.79. The lowest BCUT2D eigenvalue weighted by molar-refractivity contribution is -0.126. The van der Waals surface area contributed by atoms with Crippen LogP contribution in [0.5, 0.6) is 0 Å². The van der Waals surface area contributed by atoms with Crippen molar-refractivity contribution >= 4 is 27.5 Å². The van der Waals surface area contributed by atoms with E-state index in [4.69, 9.17) is 16.3 Å². The third-order valence-corrected chi connectivity index (χ3v) is 10.6. The van der Waals surface area contributed by atoms with Crippen LogP contribution in [0.15, 0.2) is 59.5 Å². The number of nitrogens with zero attached hydrogens (tertiary/aromatic N) is 2. The molecule has 40 heavy (non-hydrogen) atoms. The van der Waals surface area contributed by atoms with Crippen molar-refractivity contribution in [3.05, 3.63) is 65.2 Å². The molecule has 2 aliphatic rings. The fraction of sp³-hybridized carbons (Fsp3) is 0.581. The van der Waals surface area contributed by atoms with Gasteiger partial charge in [-0.2, -0.15) is 4.31 Å². The van der Waals surface area contributed by atoms with Crippen molar-refractivity contribution in [2.75, 3.05) is 46.9 Å². The summed E-state index contributed by atoms with van der Waals surface area (Å²) in [5.41, 5.74) is 1.32. The normalized spacial score (nSPS) is 23.1. The summed E-state index contributed by atoms with van der Waals surface area (Å²) in [7, 11) is 0.809. The van der Waals surface area contributed by atoms with Gasteiger partial charge in [-0.05, 0) is 93.8 Å². The minimum absolute atomic E-state index is 0.0142. The van der Waals surface area contributed by atoms with Gasteiger partial charge in [0.05, 0.1) is 11.5 Å². The Morgan fingerprint density at radius 2 is 1.73 bits per heavy atom. The summed E-state index contributed by atoms with van der Waals surface area (Å²) < 4.78 is 33.1. The molecule has 7 nitrogen and oxygen atoms in total. The molecule has 220 valence electrons. The van der Waals surface area contributed by atoms with Crippen LogP contribution in [0.25, 0.3) is 0 Å². The minimum atomic E-state index is -3.50. The Balaban J connectivity index is 1.12. The molecule has 2 aromatic carbocycles. The van der Waals surface area contributed by atoms with Crippen LogP contribution in [0.3, 0.4) is 0 Å². The highest BCUT2D eigenvalue weighted by atomic mass is 35.5. The molecule has 0 spiro atoms. The smallest absolute Gasteiger partial charge is 0.245 e. The lowest BCUT2D eigenvalue weighted by Gasteiger charge is -2.37. The average molecular weight is 590 g/mol. The molecule has 1 N–H and O–H groups in total. The average Bonchev–Trinajstić information content (AvgIpc) is 2.95. The molecule has 1 saturated heterocycles. The van der Waals surface area contributed by atoms with Crippen LogP contribution in [0.2, 0.25) is 5.02 Å². The lowest BCUT2D eigenvalue weighted by atomic mass is 9.75. The van der Waals surface area contributed by atoms with Gasteiger partial charge in [-0.1, -0.05) is 54.8 Å². The maximum absolute atomic E-state index is 12.9. The molecule has 1 amide bonds. The lowest BCUT2D eigenvalue weighted by Crippen LogP contribution is -2.41. The number of nitrogens with one attached hydrogen (secondary N) is 1. The standard InChI is InChI=1S/C31H44ClN3O4S/c1-34(2)31(27-14-16-28(32)17-15-27)26-12-10-24(11-13-26)18-19-33-30(36)23-39-22-25-7-6-20-35(21-25)40(37,38)29-8-4-3-5-9-29/h3-5,8-9,14-17,24-26,31H,6-7,10-13,18-23H2,1-2H3,(H,33,36). The van der Waals surface area contributed by atoms with Gasteiger partial charge in [0.15, 0.2) is 0 Å². The van der Waals surface area contributed by atoms with Gasteiger partial charge in [0.25, 0.3) is 0 Å². The maximum atomic E-state index is 12.9. The monoisotopic (exact) mass is 589 g/mol. The topological polar surface area (TPSA) is 79.0 Å². The molecule has 1 heterocycles. The molecule has 4 rings (SSSR count). The summed E-state index contributed by atoms with van der Waals surface area (Å²) in [6.45, 7) is 2.01. The van der Waals surface area contributed by atoms with Gasteiger partial charge >= 0.3 is 0 Å². The molecule has 2 atom stereocenters. The van der Waals surface area contributed by atoms with E-state index in [1.165, 1.54) is 31.2 Å². The molecule has 1 saturated carbocycles. The molecule has 2 aromatic rings. The van der Waals surface area contributed by atoms with Crippen LogP contribution in [0.4, 0.5) is 0 Å². The molecule has 1 aliphatic carbocycles. The third kappa shape index (κ3) is 8.52. The second-order valence-corrected chi connectivity index (χ2v) is 14.0. The summed E-state index contributed by atoms with van der Waals surface area (Å²) in [6, 6.07) is 17.2. The number of piperidine rings is 1. The first-order valence-corrected chi connectivity index (χ1v) is 16.4.